The molecule has 0 spiro atoms. The molecule has 0 atom stereocenters. The zero-order valence-electron chi connectivity index (χ0n) is 10.5. The maximum atomic E-state index is 12.1. The molecule has 1 saturated carbocycles. The van der Waals surface area contributed by atoms with Gasteiger partial charge in [0.2, 0.25) is 0 Å². The summed E-state index contributed by atoms with van der Waals surface area (Å²) in [4.78, 5) is 12.1. The largest absolute Gasteiger partial charge is 0.297 e. The van der Waals surface area contributed by atoms with Crippen LogP contribution in [0.25, 0.3) is 0 Å². The number of hydrogen-bond acceptors (Lipinski definition) is 2. The van der Waals surface area contributed by atoms with Crippen molar-refractivity contribution < 1.29 is 4.79 Å². The fraction of sp³-hybridized carbons (Fsp3) is 0.692. The lowest BCUT2D eigenvalue weighted by atomic mass is 9.86. The zero-order valence-corrected chi connectivity index (χ0v) is 11.3. The second-order valence-corrected chi connectivity index (χ2v) is 5.32. The first kappa shape index (κ1) is 12.6. The molecule has 4 heteroatoms. The third kappa shape index (κ3) is 2.71. The zero-order chi connectivity index (χ0) is 12.4. The topological polar surface area (TPSA) is 34.9 Å². The Morgan fingerprint density at radius 3 is 2.53 bits per heavy atom. The van der Waals surface area contributed by atoms with Crippen LogP contribution in [0.4, 0.5) is 0 Å². The number of carbonyl (C=O) groups excluding carboxylic acids is 1. The number of rotatable bonds is 3. The molecule has 3 nitrogen and oxygen atoms in total. The standard InChI is InChI=1S/C13H19ClN2O/c1-9-13(14)10(2)16(15-9)8-12(17)11-6-4-3-5-7-11/h11H,3-8H2,1-2H3. The molecule has 0 radical (unpaired) electrons. The van der Waals surface area contributed by atoms with E-state index in [-0.39, 0.29) is 5.92 Å². The molecule has 0 aliphatic heterocycles. The molecule has 1 aliphatic carbocycles. The van der Waals surface area contributed by atoms with Gasteiger partial charge < -0.3 is 0 Å². The van der Waals surface area contributed by atoms with E-state index < -0.39 is 0 Å². The Hall–Kier alpha value is -0.830. The molecule has 0 saturated heterocycles. The maximum Gasteiger partial charge on any atom is 0.157 e. The highest BCUT2D eigenvalue weighted by molar-refractivity contribution is 6.31. The minimum atomic E-state index is 0.242. The van der Waals surface area contributed by atoms with Gasteiger partial charge in [0.25, 0.3) is 0 Å². The van der Waals surface area contributed by atoms with E-state index in [2.05, 4.69) is 5.10 Å². The molecule has 0 amide bonds. The van der Waals surface area contributed by atoms with Gasteiger partial charge in [-0.2, -0.15) is 5.10 Å². The predicted octanol–water partition coefficient (Wildman–Crippen LogP) is 3.30. The normalized spacial score (nSPS) is 17.4. The van der Waals surface area contributed by atoms with Crippen LogP contribution in [0.1, 0.15) is 43.5 Å². The van der Waals surface area contributed by atoms with Gasteiger partial charge in [0.1, 0.15) is 6.54 Å². The van der Waals surface area contributed by atoms with Gasteiger partial charge in [-0.3, -0.25) is 9.48 Å². The molecule has 2 rings (SSSR count). The smallest absolute Gasteiger partial charge is 0.157 e. The quantitative estimate of drug-likeness (QED) is 0.830. The summed E-state index contributed by atoms with van der Waals surface area (Å²) in [5, 5.41) is 4.99. The van der Waals surface area contributed by atoms with E-state index >= 15 is 0 Å². The molecule has 0 N–H and O–H groups in total. The van der Waals surface area contributed by atoms with Crippen molar-refractivity contribution in [1.29, 1.82) is 0 Å². The first-order valence-corrected chi connectivity index (χ1v) is 6.69. The van der Waals surface area contributed by atoms with E-state index in [4.69, 9.17) is 11.6 Å². The molecule has 0 aromatic carbocycles. The van der Waals surface area contributed by atoms with Crippen molar-refractivity contribution in [3.63, 3.8) is 0 Å². The highest BCUT2D eigenvalue weighted by Gasteiger charge is 2.22. The van der Waals surface area contributed by atoms with Crippen LogP contribution in [0.5, 0.6) is 0 Å². The van der Waals surface area contributed by atoms with Gasteiger partial charge in [-0.25, -0.2) is 0 Å². The third-order valence-corrected chi connectivity index (χ3v) is 4.21. The van der Waals surface area contributed by atoms with Crippen LogP contribution in [-0.2, 0) is 11.3 Å². The van der Waals surface area contributed by atoms with E-state index in [1.165, 1.54) is 19.3 Å². The Labute approximate surface area is 107 Å². The first-order chi connectivity index (χ1) is 8.09. The third-order valence-electron chi connectivity index (χ3n) is 3.66. The van der Waals surface area contributed by atoms with Gasteiger partial charge in [-0.05, 0) is 26.7 Å². The van der Waals surface area contributed by atoms with E-state index in [0.717, 1.165) is 24.2 Å². The van der Waals surface area contributed by atoms with Crippen LogP contribution in [0.3, 0.4) is 0 Å². The van der Waals surface area contributed by atoms with E-state index in [1.54, 1.807) is 4.68 Å². The van der Waals surface area contributed by atoms with Gasteiger partial charge in [-0.1, -0.05) is 30.9 Å². The molecule has 1 aliphatic rings. The van der Waals surface area contributed by atoms with Gasteiger partial charge in [0.15, 0.2) is 5.78 Å². The number of hydrogen-bond donors (Lipinski definition) is 0. The molecule has 94 valence electrons. The van der Waals surface area contributed by atoms with Crippen LogP contribution in [0.2, 0.25) is 5.02 Å². The van der Waals surface area contributed by atoms with E-state index in [9.17, 15) is 4.79 Å². The Bertz CT molecular complexity index is 419. The van der Waals surface area contributed by atoms with Crippen molar-refractivity contribution >= 4 is 17.4 Å². The lowest BCUT2D eigenvalue weighted by Gasteiger charge is -2.20. The van der Waals surface area contributed by atoms with Crippen molar-refractivity contribution in [3.8, 4) is 0 Å². The van der Waals surface area contributed by atoms with Crippen molar-refractivity contribution in [1.82, 2.24) is 9.78 Å². The SMILES string of the molecule is Cc1nn(CC(=O)C2CCCCC2)c(C)c1Cl. The monoisotopic (exact) mass is 254 g/mol. The highest BCUT2D eigenvalue weighted by atomic mass is 35.5. The Kier molecular flexibility index (Phi) is 3.87. The summed E-state index contributed by atoms with van der Waals surface area (Å²) in [5.74, 6) is 0.554. The highest BCUT2D eigenvalue weighted by Crippen LogP contribution is 2.25. The van der Waals surface area contributed by atoms with Gasteiger partial charge in [0, 0.05) is 5.92 Å². The Morgan fingerprint density at radius 2 is 2.00 bits per heavy atom. The molecular formula is C13H19ClN2O. The van der Waals surface area contributed by atoms with Crippen LogP contribution in [-0.4, -0.2) is 15.6 Å². The number of ketones is 1. The molecule has 1 aromatic heterocycles. The molecular weight excluding hydrogens is 236 g/mol. The van der Waals surface area contributed by atoms with Crippen LogP contribution < -0.4 is 0 Å². The predicted molar refractivity (Wildman–Crippen MR) is 68.3 cm³/mol. The summed E-state index contributed by atoms with van der Waals surface area (Å²) in [6.45, 7) is 4.16. The van der Waals surface area contributed by atoms with Crippen LogP contribution in [0.15, 0.2) is 0 Å². The summed E-state index contributed by atoms with van der Waals surface area (Å²) >= 11 is 6.07. The van der Waals surface area contributed by atoms with Crippen LogP contribution >= 0.6 is 11.6 Å². The minimum Gasteiger partial charge on any atom is -0.297 e. The second kappa shape index (κ2) is 5.21. The fourth-order valence-corrected chi connectivity index (χ4v) is 2.67. The lowest BCUT2D eigenvalue weighted by Crippen LogP contribution is -2.23. The first-order valence-electron chi connectivity index (χ1n) is 6.32. The van der Waals surface area contributed by atoms with Crippen molar-refractivity contribution in [2.45, 2.75) is 52.5 Å². The number of carbonyl (C=O) groups is 1. The summed E-state index contributed by atoms with van der Waals surface area (Å²) in [6.07, 6.45) is 5.75. The molecule has 17 heavy (non-hydrogen) atoms. The fourth-order valence-electron chi connectivity index (χ4n) is 2.53. The van der Waals surface area contributed by atoms with Crippen LogP contribution in [0, 0.1) is 19.8 Å². The Balaban J connectivity index is 2.04. The van der Waals surface area contributed by atoms with Gasteiger partial charge >= 0.3 is 0 Å². The number of nitrogens with zero attached hydrogens (tertiary/aromatic N) is 2. The average molecular weight is 255 g/mol. The second-order valence-electron chi connectivity index (χ2n) is 4.94. The lowest BCUT2D eigenvalue weighted by molar-refractivity contribution is -0.124. The number of halogens is 1. The van der Waals surface area contributed by atoms with Gasteiger partial charge in [-0.15, -0.1) is 0 Å². The molecule has 0 bridgehead atoms. The molecule has 1 aromatic rings. The summed E-state index contributed by atoms with van der Waals surface area (Å²) in [7, 11) is 0. The molecule has 1 fully saturated rings. The molecule has 1 heterocycles. The average Bonchev–Trinajstić information content (AvgIpc) is 2.58. The summed E-state index contributed by atoms with van der Waals surface area (Å²) in [6, 6.07) is 0. The number of aromatic nitrogens is 2. The van der Waals surface area contributed by atoms with Gasteiger partial charge in [0.05, 0.1) is 16.4 Å². The summed E-state index contributed by atoms with van der Waals surface area (Å²) in [5.41, 5.74) is 1.70. The van der Waals surface area contributed by atoms with E-state index in [1.807, 2.05) is 13.8 Å². The summed E-state index contributed by atoms with van der Waals surface area (Å²) < 4.78 is 1.74. The number of aryl methyl sites for hydroxylation is 1. The number of Topliss-reactive ketones (excluding diaryl/α,β-unsaturated/α-hetero) is 1. The van der Waals surface area contributed by atoms with Crippen molar-refractivity contribution in [2.75, 3.05) is 0 Å². The Morgan fingerprint density at radius 1 is 1.35 bits per heavy atom. The molecule has 0 unspecified atom stereocenters. The van der Waals surface area contributed by atoms with Crippen molar-refractivity contribution in [2.24, 2.45) is 5.92 Å². The van der Waals surface area contributed by atoms with Crippen molar-refractivity contribution in [3.05, 3.63) is 16.4 Å². The maximum absolute atomic E-state index is 12.1. The van der Waals surface area contributed by atoms with E-state index in [0.29, 0.717) is 17.4 Å². The minimum absolute atomic E-state index is 0.242.